The molecule has 7 aromatic rings. The van der Waals surface area contributed by atoms with Gasteiger partial charge in [0, 0.05) is 39.6 Å². The summed E-state index contributed by atoms with van der Waals surface area (Å²) in [4.78, 5) is 4.63. The maximum atomic E-state index is 10.1. The van der Waals surface area contributed by atoms with Crippen LogP contribution in [0.3, 0.4) is 0 Å². The van der Waals surface area contributed by atoms with Crippen molar-refractivity contribution in [3.8, 4) is 11.4 Å². The Morgan fingerprint density at radius 3 is 2.39 bits per heavy atom. The van der Waals surface area contributed by atoms with Gasteiger partial charge in [-0.25, -0.2) is 4.98 Å². The zero-order valence-corrected chi connectivity index (χ0v) is 16.5. The molecule has 3 aromatic heterocycles. The maximum Gasteiger partial charge on any atom is 0.145 e. The number of para-hydroxylation sites is 2. The third-order valence-corrected chi connectivity index (χ3v) is 6.24. The number of aromatic hydroxyl groups is 1. The third kappa shape index (κ3) is 2.11. The molecule has 0 atom stereocenters. The monoisotopic (exact) mass is 399 g/mol. The van der Waals surface area contributed by atoms with E-state index >= 15 is 0 Å². The van der Waals surface area contributed by atoms with Crippen molar-refractivity contribution in [2.45, 2.75) is 0 Å². The predicted octanol–water partition coefficient (Wildman–Crippen LogP) is 6.44. The molecule has 0 radical (unpaired) electrons. The quantitative estimate of drug-likeness (QED) is 0.323. The summed E-state index contributed by atoms with van der Waals surface area (Å²) in [6.07, 6.45) is 3.84. The fourth-order valence-electron chi connectivity index (χ4n) is 5.00. The molecular weight excluding hydrogens is 382 g/mol. The Balaban J connectivity index is 1.80. The van der Waals surface area contributed by atoms with Gasteiger partial charge in [-0.3, -0.25) is 4.40 Å². The summed E-state index contributed by atoms with van der Waals surface area (Å²) in [7, 11) is 0. The SMILES string of the molecule is Oc1ccc2c(c1)c1nccn1c1c2ccc2c1c1ccccc1n2-c1ccccc1. The van der Waals surface area contributed by atoms with Gasteiger partial charge < -0.3 is 9.67 Å². The zero-order chi connectivity index (χ0) is 20.5. The number of phenols is 1. The van der Waals surface area contributed by atoms with E-state index in [1.165, 1.54) is 16.3 Å². The highest BCUT2D eigenvalue weighted by Gasteiger charge is 2.18. The van der Waals surface area contributed by atoms with Crippen molar-refractivity contribution in [2.75, 3.05) is 0 Å². The van der Waals surface area contributed by atoms with Crippen LogP contribution in [0.1, 0.15) is 0 Å². The topological polar surface area (TPSA) is 42.5 Å². The maximum absolute atomic E-state index is 10.1. The van der Waals surface area contributed by atoms with Gasteiger partial charge in [0.05, 0.1) is 16.6 Å². The number of hydrogen-bond acceptors (Lipinski definition) is 2. The highest BCUT2D eigenvalue weighted by atomic mass is 16.3. The smallest absolute Gasteiger partial charge is 0.145 e. The molecule has 1 N–H and O–H groups in total. The summed E-state index contributed by atoms with van der Waals surface area (Å²) in [5, 5.41) is 15.7. The molecule has 3 heterocycles. The highest BCUT2D eigenvalue weighted by molar-refractivity contribution is 6.25. The average molecular weight is 399 g/mol. The van der Waals surface area contributed by atoms with Crippen LogP contribution in [0.5, 0.6) is 5.75 Å². The molecule has 146 valence electrons. The first-order chi connectivity index (χ1) is 15.3. The highest BCUT2D eigenvalue weighted by Crippen LogP contribution is 2.40. The Bertz CT molecular complexity index is 1790. The van der Waals surface area contributed by atoms with Crippen molar-refractivity contribution in [3.63, 3.8) is 0 Å². The van der Waals surface area contributed by atoms with Crippen LogP contribution in [0.4, 0.5) is 0 Å². The molecule has 4 heteroatoms. The second kappa shape index (κ2) is 5.86. The molecule has 0 unspecified atom stereocenters. The summed E-state index contributed by atoms with van der Waals surface area (Å²) in [5.74, 6) is 0.249. The Morgan fingerprint density at radius 2 is 1.48 bits per heavy atom. The summed E-state index contributed by atoms with van der Waals surface area (Å²) in [5.41, 5.74) is 5.46. The lowest BCUT2D eigenvalue weighted by Crippen LogP contribution is -1.94. The molecule has 0 aliphatic rings. The van der Waals surface area contributed by atoms with Crippen molar-refractivity contribution in [1.82, 2.24) is 14.0 Å². The molecule has 4 aromatic carbocycles. The van der Waals surface area contributed by atoms with E-state index < -0.39 is 0 Å². The normalized spacial score (nSPS) is 12.0. The van der Waals surface area contributed by atoms with Crippen LogP contribution in [0.2, 0.25) is 0 Å². The minimum Gasteiger partial charge on any atom is -0.508 e. The van der Waals surface area contributed by atoms with E-state index in [1.54, 1.807) is 12.1 Å². The van der Waals surface area contributed by atoms with Crippen molar-refractivity contribution >= 4 is 49.1 Å². The molecule has 0 spiro atoms. The first-order valence-corrected chi connectivity index (χ1v) is 10.3. The molecular formula is C27H17N3O. The number of imidazole rings is 1. The van der Waals surface area contributed by atoms with Crippen LogP contribution >= 0.6 is 0 Å². The second-order valence-electron chi connectivity index (χ2n) is 7.89. The van der Waals surface area contributed by atoms with Crippen LogP contribution in [-0.4, -0.2) is 19.1 Å². The molecule has 0 bridgehead atoms. The minimum absolute atomic E-state index is 0.249. The molecule has 0 saturated heterocycles. The first-order valence-electron chi connectivity index (χ1n) is 10.3. The standard InChI is InChI=1S/C27H17N3O/c31-18-10-11-19-20-12-13-24-25(26(20)29-15-14-28-27(29)22(19)16-18)21-8-4-5-9-23(21)30(24)17-6-2-1-3-7-17/h1-16,31H. The molecule has 0 saturated carbocycles. The van der Waals surface area contributed by atoms with Crippen molar-refractivity contribution in [1.29, 1.82) is 0 Å². The van der Waals surface area contributed by atoms with Gasteiger partial charge in [0.25, 0.3) is 0 Å². The lowest BCUT2D eigenvalue weighted by atomic mass is 10.0. The second-order valence-corrected chi connectivity index (χ2v) is 7.89. The van der Waals surface area contributed by atoms with Crippen LogP contribution in [-0.2, 0) is 0 Å². The summed E-state index contributed by atoms with van der Waals surface area (Å²) in [6, 6.07) is 29.0. The predicted molar refractivity (Wildman–Crippen MR) is 126 cm³/mol. The number of hydrogen-bond donors (Lipinski definition) is 1. The van der Waals surface area contributed by atoms with Crippen LogP contribution in [0, 0.1) is 0 Å². The lowest BCUT2D eigenvalue weighted by molar-refractivity contribution is 0.476. The van der Waals surface area contributed by atoms with Gasteiger partial charge in [-0.1, -0.05) is 42.5 Å². The minimum atomic E-state index is 0.249. The van der Waals surface area contributed by atoms with Crippen LogP contribution in [0.25, 0.3) is 54.8 Å². The van der Waals surface area contributed by atoms with E-state index in [-0.39, 0.29) is 5.75 Å². The van der Waals surface area contributed by atoms with Gasteiger partial charge in [0.15, 0.2) is 0 Å². The number of phenolic OH excluding ortho intramolecular Hbond substituents is 1. The lowest BCUT2D eigenvalue weighted by Gasteiger charge is -2.11. The number of pyridine rings is 1. The van der Waals surface area contributed by atoms with Crippen molar-refractivity contribution < 1.29 is 5.11 Å². The summed E-state index contributed by atoms with van der Waals surface area (Å²) >= 11 is 0. The van der Waals surface area contributed by atoms with Gasteiger partial charge in [-0.2, -0.15) is 0 Å². The third-order valence-electron chi connectivity index (χ3n) is 6.24. The van der Waals surface area contributed by atoms with Gasteiger partial charge in [0.2, 0.25) is 0 Å². The van der Waals surface area contributed by atoms with Gasteiger partial charge >= 0.3 is 0 Å². The molecule has 31 heavy (non-hydrogen) atoms. The van der Waals surface area contributed by atoms with Gasteiger partial charge in [0.1, 0.15) is 11.4 Å². The van der Waals surface area contributed by atoms with E-state index in [9.17, 15) is 5.11 Å². The zero-order valence-electron chi connectivity index (χ0n) is 16.5. The van der Waals surface area contributed by atoms with Crippen molar-refractivity contribution in [2.24, 2.45) is 0 Å². The number of fused-ring (bicyclic) bond motifs is 10. The van der Waals surface area contributed by atoms with Crippen LogP contribution in [0.15, 0.2) is 97.3 Å². The van der Waals surface area contributed by atoms with E-state index in [2.05, 4.69) is 74.6 Å². The number of rotatable bonds is 1. The van der Waals surface area contributed by atoms with E-state index in [0.717, 1.165) is 38.5 Å². The van der Waals surface area contributed by atoms with Gasteiger partial charge in [-0.05, 0) is 47.9 Å². The summed E-state index contributed by atoms with van der Waals surface area (Å²) in [6.45, 7) is 0. The van der Waals surface area contributed by atoms with Crippen molar-refractivity contribution in [3.05, 3.63) is 97.3 Å². The van der Waals surface area contributed by atoms with Crippen LogP contribution < -0.4 is 0 Å². The number of benzene rings is 4. The average Bonchev–Trinajstić information content (AvgIpc) is 3.43. The Hall–Kier alpha value is -4.31. The van der Waals surface area contributed by atoms with Gasteiger partial charge in [-0.15, -0.1) is 0 Å². The Labute approximate surface area is 177 Å². The molecule has 0 fully saturated rings. The Kier molecular flexibility index (Phi) is 3.12. The molecule has 7 rings (SSSR count). The molecule has 4 nitrogen and oxygen atoms in total. The van der Waals surface area contributed by atoms with E-state index in [0.29, 0.717) is 0 Å². The fraction of sp³-hybridized carbons (Fsp3) is 0. The molecule has 0 aliphatic carbocycles. The fourth-order valence-corrected chi connectivity index (χ4v) is 5.00. The van der Waals surface area contributed by atoms with E-state index in [1.807, 2.05) is 24.5 Å². The summed E-state index contributed by atoms with van der Waals surface area (Å²) < 4.78 is 4.48. The Morgan fingerprint density at radius 1 is 0.677 bits per heavy atom. The number of aromatic nitrogens is 3. The molecule has 0 amide bonds. The van der Waals surface area contributed by atoms with E-state index in [4.69, 9.17) is 0 Å². The molecule has 0 aliphatic heterocycles. The first kappa shape index (κ1) is 16.5. The number of nitrogens with zero attached hydrogens (tertiary/aromatic N) is 3. The largest absolute Gasteiger partial charge is 0.508 e.